The molecule has 1 heteroatoms. The first-order valence-electron chi connectivity index (χ1n) is 27.0. The highest BCUT2D eigenvalue weighted by Crippen LogP contribution is 2.60. The van der Waals surface area contributed by atoms with Gasteiger partial charge in [-0.25, -0.2) is 0 Å². The first-order chi connectivity index (χ1) is 37.3. The Kier molecular flexibility index (Phi) is 9.94. The van der Waals surface area contributed by atoms with Crippen LogP contribution in [0, 0.1) is 0 Å². The molecule has 0 bridgehead atoms. The molecule has 0 radical (unpaired) electrons. The molecule has 3 aliphatic rings. The molecular weight excluding hydrogens is 915 g/mol. The Labute approximate surface area is 445 Å². The molecule has 12 aromatic rings. The number of fused-ring (bicyclic) bond motifs is 14. The molecule has 0 fully saturated rings. The molecule has 1 aromatic heterocycles. The fourth-order valence-corrected chi connectivity index (χ4v) is 13.7. The van der Waals surface area contributed by atoms with Gasteiger partial charge in [-0.3, -0.25) is 0 Å². The quantitative estimate of drug-likeness (QED) is 0.140. The third-order valence-electron chi connectivity index (χ3n) is 17.5. The highest BCUT2D eigenvalue weighted by molar-refractivity contribution is 6.10. The fraction of sp³-hybridized carbons (Fsp3) is 0.0933. The van der Waals surface area contributed by atoms with E-state index in [1.54, 1.807) is 0 Å². The normalized spacial score (nSPS) is 15.8. The number of para-hydroxylation sites is 1. The van der Waals surface area contributed by atoms with Crippen molar-refractivity contribution in [1.82, 2.24) is 4.57 Å². The second kappa shape index (κ2) is 17.0. The van der Waals surface area contributed by atoms with Crippen LogP contribution in [0.25, 0.3) is 112 Å². The van der Waals surface area contributed by atoms with E-state index in [4.69, 9.17) is 0 Å². The van der Waals surface area contributed by atoms with Gasteiger partial charge in [0, 0.05) is 27.3 Å². The smallest absolute Gasteiger partial charge is 0.0541 e. The van der Waals surface area contributed by atoms with Gasteiger partial charge in [0.15, 0.2) is 0 Å². The first-order valence-corrected chi connectivity index (χ1v) is 27.0. The zero-order valence-electron chi connectivity index (χ0n) is 43.1. The van der Waals surface area contributed by atoms with Crippen molar-refractivity contribution in [1.29, 1.82) is 0 Å². The highest BCUT2D eigenvalue weighted by Gasteiger charge is 2.49. The van der Waals surface area contributed by atoms with Crippen LogP contribution < -0.4 is 0 Å². The molecule has 15 rings (SSSR count). The molecule has 0 saturated carbocycles. The molecule has 0 saturated heterocycles. The van der Waals surface area contributed by atoms with Gasteiger partial charge in [0.2, 0.25) is 0 Å². The lowest BCUT2D eigenvalue weighted by molar-refractivity contribution is 0.627. The van der Waals surface area contributed by atoms with Crippen LogP contribution in [0.2, 0.25) is 0 Å². The van der Waals surface area contributed by atoms with Crippen LogP contribution in [-0.4, -0.2) is 4.57 Å². The van der Waals surface area contributed by atoms with Gasteiger partial charge in [0.05, 0.1) is 11.0 Å². The van der Waals surface area contributed by atoms with Crippen LogP contribution in [0.15, 0.2) is 237 Å². The topological polar surface area (TPSA) is 4.93 Å². The Morgan fingerprint density at radius 1 is 0.368 bits per heavy atom. The number of rotatable bonds is 7. The summed E-state index contributed by atoms with van der Waals surface area (Å²) < 4.78 is 2.45. The third-order valence-corrected chi connectivity index (χ3v) is 17.5. The van der Waals surface area contributed by atoms with Crippen molar-refractivity contribution in [3.05, 3.63) is 287 Å². The van der Waals surface area contributed by atoms with Gasteiger partial charge in [0.1, 0.15) is 0 Å². The summed E-state index contributed by atoms with van der Waals surface area (Å²) in [7, 11) is 0. The van der Waals surface area contributed by atoms with Crippen molar-refractivity contribution >= 4 is 50.8 Å². The maximum Gasteiger partial charge on any atom is 0.0541 e. The second-order valence-corrected chi connectivity index (χ2v) is 22.0. The molecular formula is C75H55N. The van der Waals surface area contributed by atoms with Gasteiger partial charge in [0.25, 0.3) is 0 Å². The SMILES string of the molecule is CC=Cc1ccc(-c2ccc3c(c2)C2(CCc4cc5ccccc5cc42)c2cc(-c4ccc(C=Cc5ccc(-c6ccc7c(c6)c6ccccc6n7-c6ccc7c(c6)C(C)(C)c6ccccc6-7)cc5)cc4)ccc2-3)cc1. The Balaban J connectivity index is 0.712. The predicted molar refractivity (Wildman–Crippen MR) is 322 cm³/mol. The molecule has 1 unspecified atom stereocenters. The fourth-order valence-electron chi connectivity index (χ4n) is 13.7. The van der Waals surface area contributed by atoms with E-state index in [1.165, 1.54) is 144 Å². The lowest BCUT2D eigenvalue weighted by Gasteiger charge is -2.29. The van der Waals surface area contributed by atoms with Gasteiger partial charge in [-0.2, -0.15) is 0 Å². The van der Waals surface area contributed by atoms with Crippen molar-refractivity contribution in [2.75, 3.05) is 0 Å². The number of benzene rings is 11. The van der Waals surface area contributed by atoms with Crippen molar-refractivity contribution in [3.63, 3.8) is 0 Å². The minimum atomic E-state index is -0.221. The van der Waals surface area contributed by atoms with Crippen LogP contribution in [0.3, 0.4) is 0 Å². The zero-order valence-corrected chi connectivity index (χ0v) is 43.1. The van der Waals surface area contributed by atoms with E-state index in [0.29, 0.717) is 0 Å². The van der Waals surface area contributed by atoms with E-state index >= 15 is 0 Å². The van der Waals surface area contributed by atoms with E-state index in [-0.39, 0.29) is 10.8 Å². The summed E-state index contributed by atoms with van der Waals surface area (Å²) in [5.41, 5.74) is 28.4. The summed E-state index contributed by atoms with van der Waals surface area (Å²) in [5.74, 6) is 0. The van der Waals surface area contributed by atoms with Gasteiger partial charge in [-0.05, 0) is 185 Å². The number of nitrogens with zero attached hydrogens (tertiary/aromatic N) is 1. The largest absolute Gasteiger partial charge is 0.309 e. The van der Waals surface area contributed by atoms with Gasteiger partial charge < -0.3 is 4.57 Å². The molecule has 0 N–H and O–H groups in total. The minimum Gasteiger partial charge on any atom is -0.309 e. The van der Waals surface area contributed by atoms with E-state index in [9.17, 15) is 0 Å². The van der Waals surface area contributed by atoms with Crippen LogP contribution in [0.1, 0.15) is 77.3 Å². The third kappa shape index (κ3) is 6.78. The Morgan fingerprint density at radius 2 is 0.868 bits per heavy atom. The molecule has 1 spiro atoms. The van der Waals surface area contributed by atoms with E-state index in [1.807, 2.05) is 0 Å². The van der Waals surface area contributed by atoms with Crippen molar-refractivity contribution in [2.24, 2.45) is 0 Å². The molecule has 11 aromatic carbocycles. The predicted octanol–water partition coefficient (Wildman–Crippen LogP) is 19.7. The Bertz CT molecular complexity index is 4400. The van der Waals surface area contributed by atoms with Crippen LogP contribution in [0.4, 0.5) is 0 Å². The molecule has 76 heavy (non-hydrogen) atoms. The van der Waals surface area contributed by atoms with E-state index < -0.39 is 0 Å². The summed E-state index contributed by atoms with van der Waals surface area (Å²) in [6.07, 6.45) is 10.8. The lowest BCUT2D eigenvalue weighted by Crippen LogP contribution is -2.23. The number of hydrogen-bond acceptors (Lipinski definition) is 0. The van der Waals surface area contributed by atoms with Crippen LogP contribution in [0.5, 0.6) is 0 Å². The van der Waals surface area contributed by atoms with Gasteiger partial charge >= 0.3 is 0 Å². The molecule has 1 atom stereocenters. The van der Waals surface area contributed by atoms with Crippen molar-refractivity contribution in [2.45, 2.75) is 44.4 Å². The monoisotopic (exact) mass is 969 g/mol. The average Bonchev–Trinajstić information content (AvgIpc) is 4.27. The number of hydrogen-bond donors (Lipinski definition) is 0. The lowest BCUT2D eigenvalue weighted by atomic mass is 9.72. The summed E-state index contributed by atoms with van der Waals surface area (Å²) >= 11 is 0. The molecule has 0 aliphatic heterocycles. The second-order valence-electron chi connectivity index (χ2n) is 22.0. The number of aryl methyl sites for hydroxylation is 1. The Hall–Kier alpha value is -9.04. The molecule has 1 nitrogen and oxygen atoms in total. The number of allylic oxidation sites excluding steroid dienone is 1. The van der Waals surface area contributed by atoms with Crippen LogP contribution >= 0.6 is 0 Å². The summed E-state index contributed by atoms with van der Waals surface area (Å²) in [6, 6.07) is 87.2. The summed E-state index contributed by atoms with van der Waals surface area (Å²) in [6.45, 7) is 6.79. The highest BCUT2D eigenvalue weighted by atomic mass is 15.0. The van der Waals surface area contributed by atoms with Crippen molar-refractivity contribution in [3.8, 4) is 61.3 Å². The molecule has 360 valence electrons. The molecule has 0 amide bonds. The first kappa shape index (κ1) is 44.4. The van der Waals surface area contributed by atoms with Gasteiger partial charge in [-0.1, -0.05) is 220 Å². The zero-order chi connectivity index (χ0) is 50.7. The number of aromatic nitrogens is 1. The maximum absolute atomic E-state index is 2.52. The standard InChI is InChI=1S/C75H55N/c1-4-11-48-20-26-52(27-21-48)57-32-36-63-64-37-33-58(46-71(64)75(70(63)45-57)41-40-59-42-54-12-5-6-13-55(54)44-68(59)75)53-30-24-50(25-31-53)19-18-49-22-28-51(29-23-49)56-34-39-73-66(43-56)65-15-8-10-17-72(65)76(73)60-35-38-62-61-14-7-9-16-67(61)74(2,3)69(62)47-60/h4-39,42-47H,40-41H2,1-3H3. The summed E-state index contributed by atoms with van der Waals surface area (Å²) in [5, 5.41) is 5.17. The van der Waals surface area contributed by atoms with E-state index in [2.05, 4.69) is 280 Å². The Morgan fingerprint density at radius 3 is 1.53 bits per heavy atom. The molecule has 3 aliphatic carbocycles. The van der Waals surface area contributed by atoms with E-state index in [0.717, 1.165) is 12.8 Å². The van der Waals surface area contributed by atoms with Crippen molar-refractivity contribution < 1.29 is 0 Å². The maximum atomic E-state index is 2.52. The molecule has 1 heterocycles. The van der Waals surface area contributed by atoms with Crippen LogP contribution in [-0.2, 0) is 17.3 Å². The summed E-state index contributed by atoms with van der Waals surface area (Å²) in [4.78, 5) is 0. The van der Waals surface area contributed by atoms with Gasteiger partial charge in [-0.15, -0.1) is 0 Å². The average molecular weight is 970 g/mol. The minimum absolute atomic E-state index is 0.0602.